The van der Waals surface area contributed by atoms with E-state index in [1.165, 1.54) is 0 Å². The van der Waals surface area contributed by atoms with Gasteiger partial charge in [-0.05, 0) is 44.0 Å². The normalized spacial score (nSPS) is 18.9. The van der Waals surface area contributed by atoms with Crippen molar-refractivity contribution in [3.63, 3.8) is 0 Å². The number of piperazine rings is 1. The third-order valence-electron chi connectivity index (χ3n) is 7.13. The number of rotatable bonds is 8. The highest BCUT2D eigenvalue weighted by atomic mass is 16.5. The number of hydrogen-bond donors (Lipinski definition) is 1. The second-order valence-electron chi connectivity index (χ2n) is 9.24. The van der Waals surface area contributed by atoms with Crippen LogP contribution in [0, 0.1) is 17.2 Å². The second kappa shape index (κ2) is 12.0. The minimum Gasteiger partial charge on any atom is -0.381 e. The predicted octanol–water partition coefficient (Wildman–Crippen LogP) is 3.26. The first-order valence-electron chi connectivity index (χ1n) is 12.8. The minimum atomic E-state index is -0.319. The molecule has 0 spiro atoms. The molecule has 0 radical (unpaired) electrons. The van der Waals surface area contributed by atoms with E-state index in [9.17, 15) is 14.9 Å². The molecule has 0 aliphatic carbocycles. The van der Waals surface area contributed by atoms with Gasteiger partial charge in [-0.15, -0.1) is 0 Å². The summed E-state index contributed by atoms with van der Waals surface area (Å²) in [7, 11) is 0. The van der Waals surface area contributed by atoms with Crippen molar-refractivity contribution in [2.75, 3.05) is 62.7 Å². The highest BCUT2D eigenvalue weighted by Gasteiger charge is 2.33. The summed E-state index contributed by atoms with van der Waals surface area (Å²) < 4.78 is 5.31. The molecule has 0 bridgehead atoms. The first kappa shape index (κ1) is 25.7. The molecule has 0 saturated carbocycles. The molecule has 2 atom stereocenters. The summed E-state index contributed by atoms with van der Waals surface area (Å²) in [6.07, 6.45) is 0.722. The number of carbonyl (C=O) groups excluding carboxylic acids is 2. The Morgan fingerprint density at radius 3 is 2.44 bits per heavy atom. The van der Waals surface area contributed by atoms with Gasteiger partial charge >= 0.3 is 0 Å². The van der Waals surface area contributed by atoms with E-state index in [1.54, 1.807) is 6.07 Å². The Balaban J connectivity index is 1.46. The number of nitrogens with zero attached hydrogens (tertiary/aromatic N) is 4. The average molecular weight is 490 g/mol. The summed E-state index contributed by atoms with van der Waals surface area (Å²) >= 11 is 0. The fourth-order valence-electron chi connectivity index (χ4n) is 5.04. The van der Waals surface area contributed by atoms with Crippen LogP contribution in [-0.2, 0) is 14.3 Å². The molecule has 8 nitrogen and oxygen atoms in total. The zero-order chi connectivity index (χ0) is 25.5. The Hall–Kier alpha value is -3.41. The van der Waals surface area contributed by atoms with E-state index >= 15 is 0 Å². The number of nitrogens with one attached hydrogen (secondary N) is 1. The van der Waals surface area contributed by atoms with E-state index in [2.05, 4.69) is 21.2 Å². The van der Waals surface area contributed by atoms with E-state index in [1.807, 2.05) is 61.2 Å². The van der Waals surface area contributed by atoms with Crippen LogP contribution in [0.2, 0.25) is 0 Å². The average Bonchev–Trinajstić information content (AvgIpc) is 3.46. The molecule has 0 aromatic heterocycles. The third kappa shape index (κ3) is 5.69. The number of amides is 2. The highest BCUT2D eigenvalue weighted by molar-refractivity contribution is 5.93. The van der Waals surface area contributed by atoms with Crippen LogP contribution < -0.4 is 10.2 Å². The van der Waals surface area contributed by atoms with Crippen molar-refractivity contribution in [3.05, 3.63) is 59.7 Å². The quantitative estimate of drug-likeness (QED) is 0.612. The molecule has 2 heterocycles. The molecule has 2 aliphatic rings. The number of anilines is 2. The Kier molecular flexibility index (Phi) is 8.57. The molecule has 2 aromatic rings. The van der Waals surface area contributed by atoms with Gasteiger partial charge in [0, 0.05) is 51.6 Å². The van der Waals surface area contributed by atoms with Crippen LogP contribution in [0.1, 0.15) is 37.4 Å². The van der Waals surface area contributed by atoms with E-state index in [0.717, 1.165) is 17.7 Å². The van der Waals surface area contributed by atoms with Crippen molar-refractivity contribution in [1.29, 1.82) is 5.26 Å². The fourth-order valence-corrected chi connectivity index (χ4v) is 5.04. The van der Waals surface area contributed by atoms with E-state index in [4.69, 9.17) is 4.74 Å². The van der Waals surface area contributed by atoms with Crippen molar-refractivity contribution >= 4 is 23.2 Å². The lowest BCUT2D eigenvalue weighted by molar-refractivity contribution is -0.137. The lowest BCUT2D eigenvalue weighted by Crippen LogP contribution is -2.51. The molecule has 1 N–H and O–H groups in total. The summed E-state index contributed by atoms with van der Waals surface area (Å²) in [4.78, 5) is 32.2. The van der Waals surface area contributed by atoms with Gasteiger partial charge in [-0.3, -0.25) is 14.5 Å². The zero-order valence-corrected chi connectivity index (χ0v) is 21.2. The molecule has 2 amide bonds. The molecule has 8 heteroatoms. The Bertz CT molecular complexity index is 1080. The number of likely N-dealkylation sites (N-methyl/N-ethyl adjacent to an activating group) is 1. The molecule has 36 heavy (non-hydrogen) atoms. The van der Waals surface area contributed by atoms with Crippen molar-refractivity contribution in [3.8, 4) is 6.07 Å². The van der Waals surface area contributed by atoms with Gasteiger partial charge in [-0.2, -0.15) is 5.26 Å². The van der Waals surface area contributed by atoms with Crippen LogP contribution in [-0.4, -0.2) is 74.1 Å². The molecular formula is C28H35N5O3. The minimum absolute atomic E-state index is 0.0671. The number of ether oxygens (including phenoxy) is 1. The lowest BCUT2D eigenvalue weighted by atomic mass is 10.0. The van der Waals surface area contributed by atoms with Crippen molar-refractivity contribution in [2.24, 2.45) is 5.92 Å². The molecule has 2 saturated heterocycles. The molecule has 1 unspecified atom stereocenters. The monoisotopic (exact) mass is 489 g/mol. The molecular weight excluding hydrogens is 454 g/mol. The van der Waals surface area contributed by atoms with Gasteiger partial charge in [0.15, 0.2) is 0 Å². The molecule has 2 aliphatic heterocycles. The van der Waals surface area contributed by atoms with E-state index in [0.29, 0.717) is 63.7 Å². The Morgan fingerprint density at radius 1 is 1.11 bits per heavy atom. The van der Waals surface area contributed by atoms with Crippen molar-refractivity contribution < 1.29 is 14.3 Å². The smallest absolute Gasteiger partial charge is 0.244 e. The zero-order valence-electron chi connectivity index (χ0n) is 21.2. The number of benzene rings is 2. The summed E-state index contributed by atoms with van der Waals surface area (Å²) in [5.41, 5.74) is 3.02. The maximum atomic E-state index is 13.5. The van der Waals surface area contributed by atoms with Crippen LogP contribution in [0.4, 0.5) is 11.4 Å². The van der Waals surface area contributed by atoms with Gasteiger partial charge in [-0.25, -0.2) is 0 Å². The topological polar surface area (TPSA) is 88.9 Å². The molecule has 2 aromatic carbocycles. The first-order valence-corrected chi connectivity index (χ1v) is 12.8. The SMILES string of the molecule is CCN(CC)C(=O)[C@@H](c1ccccc1)N1CCN(c2ccc(NC(=O)C3CCOC3)cc2C#N)CC1. The molecule has 190 valence electrons. The van der Waals surface area contributed by atoms with Crippen molar-refractivity contribution in [2.45, 2.75) is 26.3 Å². The summed E-state index contributed by atoms with van der Waals surface area (Å²) in [6.45, 7) is 9.26. The molecule has 2 fully saturated rings. The van der Waals surface area contributed by atoms with Crippen molar-refractivity contribution in [1.82, 2.24) is 9.80 Å². The Morgan fingerprint density at radius 2 is 1.83 bits per heavy atom. The third-order valence-corrected chi connectivity index (χ3v) is 7.13. The molecule has 4 rings (SSSR count). The standard InChI is InChI=1S/C28H35N5O3/c1-3-31(4-2)28(35)26(21-8-6-5-7-9-21)33-15-13-32(14-16-33)25-11-10-24(18-23(25)19-29)30-27(34)22-12-17-36-20-22/h5-11,18,22,26H,3-4,12-17,20H2,1-2H3,(H,30,34)/t22?,26-/m1/s1. The Labute approximate surface area is 213 Å². The van der Waals surface area contributed by atoms with Gasteiger partial charge in [0.25, 0.3) is 0 Å². The maximum absolute atomic E-state index is 13.5. The van der Waals surface area contributed by atoms with Crippen LogP contribution >= 0.6 is 0 Å². The van der Waals surface area contributed by atoms with Gasteiger partial charge in [0.2, 0.25) is 11.8 Å². The summed E-state index contributed by atoms with van der Waals surface area (Å²) in [5.74, 6) is -0.0763. The highest BCUT2D eigenvalue weighted by Crippen LogP contribution is 2.29. The largest absolute Gasteiger partial charge is 0.381 e. The van der Waals surface area contributed by atoms with E-state index in [-0.39, 0.29) is 23.8 Å². The lowest BCUT2D eigenvalue weighted by Gasteiger charge is -2.41. The number of hydrogen-bond acceptors (Lipinski definition) is 6. The number of carbonyl (C=O) groups is 2. The maximum Gasteiger partial charge on any atom is 0.244 e. The summed E-state index contributed by atoms with van der Waals surface area (Å²) in [6, 6.07) is 17.5. The van der Waals surface area contributed by atoms with Gasteiger partial charge in [0.1, 0.15) is 12.1 Å². The van der Waals surface area contributed by atoms with Crippen LogP contribution in [0.25, 0.3) is 0 Å². The van der Waals surface area contributed by atoms with Gasteiger partial charge < -0.3 is 19.9 Å². The second-order valence-corrected chi connectivity index (χ2v) is 9.24. The summed E-state index contributed by atoms with van der Waals surface area (Å²) in [5, 5.41) is 12.8. The van der Waals surface area contributed by atoms with Crippen LogP contribution in [0.5, 0.6) is 0 Å². The van der Waals surface area contributed by atoms with Crippen LogP contribution in [0.15, 0.2) is 48.5 Å². The fraction of sp³-hybridized carbons (Fsp3) is 0.464. The van der Waals surface area contributed by atoms with Gasteiger partial charge in [-0.1, -0.05) is 30.3 Å². The first-order chi connectivity index (χ1) is 17.5. The predicted molar refractivity (Wildman–Crippen MR) is 140 cm³/mol. The van der Waals surface area contributed by atoms with Gasteiger partial charge in [0.05, 0.1) is 23.8 Å². The number of nitriles is 1. The van der Waals surface area contributed by atoms with E-state index < -0.39 is 0 Å². The van der Waals surface area contributed by atoms with Crippen LogP contribution in [0.3, 0.4) is 0 Å².